The van der Waals surface area contributed by atoms with E-state index < -0.39 is 10.0 Å². The van der Waals surface area contributed by atoms with Gasteiger partial charge in [-0.3, -0.25) is 0 Å². The van der Waals surface area contributed by atoms with Gasteiger partial charge in [-0.25, -0.2) is 22.6 Å². The minimum absolute atomic E-state index is 0.184. The smallest absolute Gasteiger partial charge is 0.211 e. The number of hydrogen-bond donors (Lipinski definition) is 1. The lowest BCUT2D eigenvalue weighted by molar-refractivity contribution is 0.580. The summed E-state index contributed by atoms with van der Waals surface area (Å²) >= 11 is 1.56. The number of sulfonamides is 1. The average Bonchev–Trinajstić information content (AvgIpc) is 3.07. The Morgan fingerprint density at radius 1 is 1.40 bits per heavy atom. The predicted molar refractivity (Wildman–Crippen MR) is 78.3 cm³/mol. The molecule has 0 atom stereocenters. The second kappa shape index (κ2) is 5.71. The summed E-state index contributed by atoms with van der Waals surface area (Å²) in [5.41, 5.74) is 0.811. The first-order valence-electron chi connectivity index (χ1n) is 6.56. The highest BCUT2D eigenvalue weighted by Gasteiger charge is 2.26. The molecule has 0 radical (unpaired) electrons. The van der Waals surface area contributed by atoms with E-state index in [2.05, 4.69) is 14.8 Å². The largest absolute Gasteiger partial charge is 0.236 e. The zero-order valence-electron chi connectivity index (χ0n) is 10.9. The Hall–Kier alpha value is -1.12. The molecule has 6 nitrogen and oxygen atoms in total. The van der Waals surface area contributed by atoms with Gasteiger partial charge in [0.1, 0.15) is 5.03 Å². The maximum atomic E-state index is 11.7. The number of nitrogens with zero attached hydrogens (tertiary/aromatic N) is 3. The van der Waals surface area contributed by atoms with Gasteiger partial charge in [0.15, 0.2) is 5.65 Å². The molecule has 0 unspecified atom stereocenters. The van der Waals surface area contributed by atoms with Crippen LogP contribution in [0.4, 0.5) is 0 Å². The fourth-order valence-electron chi connectivity index (χ4n) is 1.81. The predicted octanol–water partition coefficient (Wildman–Crippen LogP) is 1.29. The van der Waals surface area contributed by atoms with Gasteiger partial charge in [-0.2, -0.15) is 5.10 Å². The van der Waals surface area contributed by atoms with Crippen LogP contribution in [0.25, 0.3) is 5.65 Å². The van der Waals surface area contributed by atoms with Crippen molar-refractivity contribution in [2.75, 3.05) is 11.5 Å². The van der Waals surface area contributed by atoms with Crippen LogP contribution < -0.4 is 4.72 Å². The Balaban J connectivity index is 1.47. The highest BCUT2D eigenvalue weighted by Crippen LogP contribution is 2.20. The molecule has 108 valence electrons. The summed E-state index contributed by atoms with van der Waals surface area (Å²) in [6, 6.07) is 4.00. The summed E-state index contributed by atoms with van der Waals surface area (Å²) in [4.78, 5) is 4.13. The van der Waals surface area contributed by atoms with Gasteiger partial charge in [-0.1, -0.05) is 0 Å². The van der Waals surface area contributed by atoms with Crippen molar-refractivity contribution in [1.29, 1.82) is 0 Å². The van der Waals surface area contributed by atoms with Crippen LogP contribution in [-0.4, -0.2) is 40.6 Å². The van der Waals surface area contributed by atoms with Crippen LogP contribution >= 0.6 is 11.8 Å². The monoisotopic (exact) mass is 312 g/mol. The van der Waals surface area contributed by atoms with Gasteiger partial charge < -0.3 is 0 Å². The van der Waals surface area contributed by atoms with Crippen molar-refractivity contribution in [2.45, 2.75) is 30.3 Å². The molecule has 1 aliphatic carbocycles. The van der Waals surface area contributed by atoms with Gasteiger partial charge in [-0.05, 0) is 31.4 Å². The van der Waals surface area contributed by atoms with Crippen molar-refractivity contribution in [3.05, 3.63) is 24.5 Å². The second-order valence-electron chi connectivity index (χ2n) is 4.81. The SMILES string of the molecule is O=S(=O)(CCCSc1ccc2nccn2n1)NC1CC1. The molecule has 1 fully saturated rings. The molecule has 1 N–H and O–H groups in total. The van der Waals surface area contributed by atoms with Gasteiger partial charge in [0.05, 0.1) is 5.75 Å². The van der Waals surface area contributed by atoms with Crippen LogP contribution in [0.2, 0.25) is 0 Å². The van der Waals surface area contributed by atoms with E-state index in [1.165, 1.54) is 0 Å². The third-order valence-corrected chi connectivity index (χ3v) is 5.49. The summed E-state index contributed by atoms with van der Waals surface area (Å²) in [6.07, 6.45) is 6.07. The van der Waals surface area contributed by atoms with Crippen LogP contribution in [-0.2, 0) is 10.0 Å². The molecule has 2 aromatic heterocycles. The molecule has 0 bridgehead atoms. The normalized spacial score (nSPS) is 15.8. The zero-order chi connectivity index (χ0) is 14.0. The minimum Gasteiger partial charge on any atom is -0.236 e. The first-order chi connectivity index (χ1) is 9.62. The first kappa shape index (κ1) is 13.8. The van der Waals surface area contributed by atoms with E-state index in [1.54, 1.807) is 28.7 Å². The highest BCUT2D eigenvalue weighted by molar-refractivity contribution is 7.99. The van der Waals surface area contributed by atoms with E-state index in [9.17, 15) is 8.42 Å². The molecule has 2 heterocycles. The summed E-state index contributed by atoms with van der Waals surface area (Å²) in [5, 5.41) is 5.26. The van der Waals surface area contributed by atoms with Gasteiger partial charge in [-0.15, -0.1) is 11.8 Å². The second-order valence-corrected chi connectivity index (χ2v) is 7.80. The van der Waals surface area contributed by atoms with Gasteiger partial charge >= 0.3 is 0 Å². The molecule has 20 heavy (non-hydrogen) atoms. The lowest BCUT2D eigenvalue weighted by atomic mass is 10.6. The van der Waals surface area contributed by atoms with Crippen molar-refractivity contribution >= 4 is 27.4 Å². The first-order valence-corrected chi connectivity index (χ1v) is 9.19. The molecule has 3 rings (SSSR count). The van der Waals surface area contributed by atoms with Crippen molar-refractivity contribution in [3.8, 4) is 0 Å². The third kappa shape index (κ3) is 3.71. The van der Waals surface area contributed by atoms with Gasteiger partial charge in [0.2, 0.25) is 10.0 Å². The number of imidazole rings is 1. The summed E-state index contributed by atoms with van der Waals surface area (Å²) < 4.78 is 27.8. The van der Waals surface area contributed by atoms with Crippen molar-refractivity contribution < 1.29 is 8.42 Å². The van der Waals surface area contributed by atoms with E-state index in [0.717, 1.165) is 29.3 Å². The third-order valence-electron chi connectivity index (χ3n) is 2.96. The number of fused-ring (bicyclic) bond motifs is 1. The molecule has 0 spiro atoms. The number of rotatable bonds is 7. The molecule has 0 amide bonds. The Morgan fingerprint density at radius 2 is 2.25 bits per heavy atom. The Kier molecular flexibility index (Phi) is 3.95. The van der Waals surface area contributed by atoms with E-state index >= 15 is 0 Å². The van der Waals surface area contributed by atoms with Gasteiger partial charge in [0, 0.05) is 24.2 Å². The molecule has 1 aliphatic rings. The minimum atomic E-state index is -3.10. The highest BCUT2D eigenvalue weighted by atomic mass is 32.2. The number of thioether (sulfide) groups is 1. The standard InChI is InChI=1S/C12H16N4O2S2/c17-20(18,15-10-2-3-10)9-1-8-19-12-5-4-11-13-6-7-16(11)14-12/h4-7,10,15H,1-3,8-9H2. The number of aromatic nitrogens is 3. The van der Waals surface area contributed by atoms with Gasteiger partial charge in [0.25, 0.3) is 0 Å². The number of nitrogens with one attached hydrogen (secondary N) is 1. The Morgan fingerprint density at radius 3 is 3.05 bits per heavy atom. The maximum Gasteiger partial charge on any atom is 0.211 e. The molecule has 0 aliphatic heterocycles. The van der Waals surface area contributed by atoms with E-state index in [-0.39, 0.29) is 11.8 Å². The molecule has 8 heteroatoms. The van der Waals surface area contributed by atoms with Crippen molar-refractivity contribution in [1.82, 2.24) is 19.3 Å². The zero-order valence-corrected chi connectivity index (χ0v) is 12.5. The molecular weight excluding hydrogens is 296 g/mol. The molecular formula is C12H16N4O2S2. The van der Waals surface area contributed by atoms with E-state index in [0.29, 0.717) is 6.42 Å². The van der Waals surface area contributed by atoms with Crippen LogP contribution in [0.15, 0.2) is 29.6 Å². The quantitative estimate of drug-likeness (QED) is 0.616. The topological polar surface area (TPSA) is 76.4 Å². The van der Waals surface area contributed by atoms with Crippen LogP contribution in [0, 0.1) is 0 Å². The van der Waals surface area contributed by atoms with E-state index in [4.69, 9.17) is 0 Å². The van der Waals surface area contributed by atoms with Crippen LogP contribution in [0.5, 0.6) is 0 Å². The van der Waals surface area contributed by atoms with Crippen molar-refractivity contribution in [3.63, 3.8) is 0 Å². The molecule has 0 saturated heterocycles. The average molecular weight is 312 g/mol. The lowest BCUT2D eigenvalue weighted by Gasteiger charge is -2.05. The summed E-state index contributed by atoms with van der Waals surface area (Å²) in [6.45, 7) is 0. The van der Waals surface area contributed by atoms with Crippen LogP contribution in [0.3, 0.4) is 0 Å². The van der Waals surface area contributed by atoms with E-state index in [1.807, 2.05) is 12.1 Å². The summed E-state index contributed by atoms with van der Waals surface area (Å²) in [5.74, 6) is 0.919. The number of hydrogen-bond acceptors (Lipinski definition) is 5. The molecule has 2 aromatic rings. The maximum absolute atomic E-state index is 11.7. The summed E-state index contributed by atoms with van der Waals surface area (Å²) in [7, 11) is -3.10. The fourth-order valence-corrected chi connectivity index (χ4v) is 4.19. The Bertz CT molecular complexity index is 694. The molecule has 1 saturated carbocycles. The lowest BCUT2D eigenvalue weighted by Crippen LogP contribution is -2.28. The van der Waals surface area contributed by atoms with Crippen molar-refractivity contribution in [2.24, 2.45) is 0 Å². The Labute approximate surface area is 122 Å². The van der Waals surface area contributed by atoms with Crippen LogP contribution in [0.1, 0.15) is 19.3 Å². The fraction of sp³-hybridized carbons (Fsp3) is 0.500. The molecule has 0 aromatic carbocycles.